The lowest BCUT2D eigenvalue weighted by Crippen LogP contribution is -2.31. The fourth-order valence-corrected chi connectivity index (χ4v) is 4.13. The number of thiazole rings is 1. The van der Waals surface area contributed by atoms with Gasteiger partial charge in [-0.2, -0.15) is 0 Å². The van der Waals surface area contributed by atoms with Crippen LogP contribution in [0.25, 0.3) is 10.2 Å². The van der Waals surface area contributed by atoms with Gasteiger partial charge in [0.2, 0.25) is 5.91 Å². The number of halogens is 1. The van der Waals surface area contributed by atoms with E-state index in [2.05, 4.69) is 4.98 Å². The molecule has 0 fully saturated rings. The van der Waals surface area contributed by atoms with E-state index in [4.69, 9.17) is 0 Å². The Kier molecular flexibility index (Phi) is 5.17. The van der Waals surface area contributed by atoms with Gasteiger partial charge in [-0.15, -0.1) is 0 Å². The Morgan fingerprint density at radius 3 is 2.57 bits per heavy atom. The molecule has 4 rings (SSSR count). The zero-order valence-corrected chi connectivity index (χ0v) is 16.2. The summed E-state index contributed by atoms with van der Waals surface area (Å²) >= 11 is 1.33. The van der Waals surface area contributed by atoms with Crippen molar-refractivity contribution in [3.63, 3.8) is 0 Å². The van der Waals surface area contributed by atoms with Gasteiger partial charge in [-0.25, -0.2) is 9.37 Å². The third-order valence-corrected chi connectivity index (χ3v) is 5.53. The van der Waals surface area contributed by atoms with Crippen molar-refractivity contribution < 1.29 is 9.18 Å². The molecule has 1 heterocycles. The second-order valence-electron chi connectivity index (χ2n) is 6.74. The fourth-order valence-electron chi connectivity index (χ4n) is 3.12. The first-order valence-electron chi connectivity index (χ1n) is 9.04. The van der Waals surface area contributed by atoms with Crippen LogP contribution in [0.4, 0.5) is 9.52 Å². The number of aryl methyl sites for hydroxylation is 1. The van der Waals surface area contributed by atoms with Crippen LogP contribution in [0.5, 0.6) is 0 Å². The van der Waals surface area contributed by atoms with Gasteiger partial charge in [0.25, 0.3) is 0 Å². The minimum absolute atomic E-state index is 0.0334. The molecule has 1 amide bonds. The van der Waals surface area contributed by atoms with Gasteiger partial charge in [0.05, 0.1) is 23.2 Å². The van der Waals surface area contributed by atoms with Gasteiger partial charge in [-0.1, -0.05) is 71.5 Å². The molecule has 0 aliphatic rings. The van der Waals surface area contributed by atoms with Crippen molar-refractivity contribution in [2.24, 2.45) is 0 Å². The Morgan fingerprint density at radius 1 is 1.00 bits per heavy atom. The number of benzene rings is 3. The normalized spacial score (nSPS) is 10.9. The highest BCUT2D eigenvalue weighted by Gasteiger charge is 2.20. The average Bonchev–Trinajstić information content (AvgIpc) is 3.09. The average molecular weight is 390 g/mol. The standard InChI is InChI=1S/C23H19FN2OS/c1-16-6-5-9-18(12-16)13-22(27)26(15-17-7-3-2-4-8-17)23-25-20-11-10-19(24)14-21(20)28-23/h2-12,14H,13,15H2,1H3. The van der Waals surface area contributed by atoms with Crippen LogP contribution < -0.4 is 4.90 Å². The summed E-state index contributed by atoms with van der Waals surface area (Å²) in [6.45, 7) is 2.44. The lowest BCUT2D eigenvalue weighted by molar-refractivity contribution is -0.118. The molecule has 4 aromatic rings. The smallest absolute Gasteiger partial charge is 0.233 e. The first kappa shape index (κ1) is 18.3. The van der Waals surface area contributed by atoms with Crippen molar-refractivity contribution in [1.82, 2.24) is 4.98 Å². The van der Waals surface area contributed by atoms with Crippen molar-refractivity contribution in [1.29, 1.82) is 0 Å². The molecule has 0 spiro atoms. The zero-order valence-electron chi connectivity index (χ0n) is 15.4. The van der Waals surface area contributed by atoms with Crippen molar-refractivity contribution in [3.8, 4) is 0 Å². The number of anilines is 1. The number of hydrogen-bond acceptors (Lipinski definition) is 3. The maximum absolute atomic E-state index is 13.6. The number of amides is 1. The molecule has 0 saturated carbocycles. The van der Waals surface area contributed by atoms with Gasteiger partial charge in [-0.3, -0.25) is 9.69 Å². The number of fused-ring (bicyclic) bond motifs is 1. The number of aromatic nitrogens is 1. The Bertz CT molecular complexity index is 1120. The summed E-state index contributed by atoms with van der Waals surface area (Å²) in [7, 11) is 0. The van der Waals surface area contributed by atoms with E-state index in [1.54, 1.807) is 11.0 Å². The minimum atomic E-state index is -0.302. The third-order valence-electron chi connectivity index (χ3n) is 4.49. The van der Waals surface area contributed by atoms with Crippen molar-refractivity contribution >= 4 is 32.6 Å². The molecule has 0 N–H and O–H groups in total. The molecule has 0 saturated heterocycles. The molecule has 0 radical (unpaired) electrons. The predicted octanol–water partition coefficient (Wildman–Crippen LogP) is 5.52. The molecule has 0 atom stereocenters. The van der Waals surface area contributed by atoms with Crippen LogP contribution in [0.3, 0.4) is 0 Å². The highest BCUT2D eigenvalue weighted by molar-refractivity contribution is 7.22. The van der Waals surface area contributed by atoms with Crippen LogP contribution in [0.15, 0.2) is 72.8 Å². The molecular weight excluding hydrogens is 371 g/mol. The van der Waals surface area contributed by atoms with E-state index in [0.717, 1.165) is 21.4 Å². The van der Waals surface area contributed by atoms with E-state index in [9.17, 15) is 9.18 Å². The topological polar surface area (TPSA) is 33.2 Å². The summed E-state index contributed by atoms with van der Waals surface area (Å²) in [6.07, 6.45) is 0.290. The Morgan fingerprint density at radius 2 is 1.79 bits per heavy atom. The van der Waals surface area contributed by atoms with Crippen LogP contribution in [0, 0.1) is 12.7 Å². The van der Waals surface area contributed by atoms with E-state index in [0.29, 0.717) is 23.6 Å². The zero-order chi connectivity index (χ0) is 19.5. The van der Waals surface area contributed by atoms with Gasteiger partial charge >= 0.3 is 0 Å². The molecule has 0 aliphatic carbocycles. The first-order valence-corrected chi connectivity index (χ1v) is 9.86. The summed E-state index contributed by atoms with van der Waals surface area (Å²) in [5, 5.41) is 0.585. The van der Waals surface area contributed by atoms with Crippen molar-refractivity contribution in [2.75, 3.05) is 4.90 Å². The molecule has 3 aromatic carbocycles. The summed E-state index contributed by atoms with van der Waals surface area (Å²) < 4.78 is 14.3. The number of hydrogen-bond donors (Lipinski definition) is 0. The second kappa shape index (κ2) is 7.90. The predicted molar refractivity (Wildman–Crippen MR) is 112 cm³/mol. The Balaban J connectivity index is 1.68. The van der Waals surface area contributed by atoms with Gasteiger partial charge in [0.1, 0.15) is 5.82 Å². The third kappa shape index (κ3) is 4.10. The van der Waals surface area contributed by atoms with Gasteiger partial charge in [0.15, 0.2) is 5.13 Å². The quantitative estimate of drug-likeness (QED) is 0.450. The van der Waals surface area contributed by atoms with Gasteiger partial charge in [0, 0.05) is 0 Å². The minimum Gasteiger partial charge on any atom is -0.283 e. The lowest BCUT2D eigenvalue weighted by atomic mass is 10.1. The maximum Gasteiger partial charge on any atom is 0.233 e. The molecule has 5 heteroatoms. The molecule has 3 nitrogen and oxygen atoms in total. The molecule has 0 unspecified atom stereocenters. The van der Waals surface area contributed by atoms with Gasteiger partial charge in [-0.05, 0) is 36.2 Å². The van der Waals surface area contributed by atoms with Crippen LogP contribution in [0.1, 0.15) is 16.7 Å². The SMILES string of the molecule is Cc1cccc(CC(=O)N(Cc2ccccc2)c2nc3ccc(F)cc3s2)c1. The van der Waals surface area contributed by atoms with Crippen LogP contribution in [-0.2, 0) is 17.8 Å². The molecule has 0 aliphatic heterocycles. The monoisotopic (exact) mass is 390 g/mol. The number of nitrogens with zero attached hydrogens (tertiary/aromatic N) is 2. The highest BCUT2D eigenvalue weighted by Crippen LogP contribution is 2.31. The van der Waals surface area contributed by atoms with Gasteiger partial charge < -0.3 is 0 Å². The van der Waals surface area contributed by atoms with E-state index >= 15 is 0 Å². The molecule has 1 aromatic heterocycles. The molecule has 140 valence electrons. The van der Waals surface area contributed by atoms with E-state index in [1.165, 1.54) is 23.5 Å². The van der Waals surface area contributed by atoms with E-state index in [-0.39, 0.29) is 11.7 Å². The van der Waals surface area contributed by atoms with Crippen LogP contribution in [-0.4, -0.2) is 10.9 Å². The summed E-state index contributed by atoms with van der Waals surface area (Å²) in [5.41, 5.74) is 3.80. The van der Waals surface area contributed by atoms with E-state index < -0.39 is 0 Å². The lowest BCUT2D eigenvalue weighted by Gasteiger charge is -2.20. The van der Waals surface area contributed by atoms with Crippen molar-refractivity contribution in [2.45, 2.75) is 19.9 Å². The first-order chi connectivity index (χ1) is 13.6. The molecular formula is C23H19FN2OS. The van der Waals surface area contributed by atoms with Crippen LogP contribution >= 0.6 is 11.3 Å². The maximum atomic E-state index is 13.6. The largest absolute Gasteiger partial charge is 0.283 e. The summed E-state index contributed by atoms with van der Waals surface area (Å²) in [5.74, 6) is -0.336. The highest BCUT2D eigenvalue weighted by atomic mass is 32.1. The number of carbonyl (C=O) groups is 1. The summed E-state index contributed by atoms with van der Waals surface area (Å²) in [6, 6.07) is 22.3. The summed E-state index contributed by atoms with van der Waals surface area (Å²) in [4.78, 5) is 19.5. The molecule has 28 heavy (non-hydrogen) atoms. The number of carbonyl (C=O) groups excluding carboxylic acids is 1. The van der Waals surface area contributed by atoms with Crippen molar-refractivity contribution in [3.05, 3.63) is 95.3 Å². The Labute approximate surface area is 167 Å². The molecule has 0 bridgehead atoms. The second-order valence-corrected chi connectivity index (χ2v) is 7.75. The fraction of sp³-hybridized carbons (Fsp3) is 0.130. The Hall–Kier alpha value is -3.05. The van der Waals surface area contributed by atoms with E-state index in [1.807, 2.05) is 61.5 Å². The number of rotatable bonds is 5. The van der Waals surface area contributed by atoms with Crippen LogP contribution in [0.2, 0.25) is 0 Å².